The molecule has 1 aromatic rings. The number of ether oxygens (including phenoxy) is 2. The van der Waals surface area contributed by atoms with Crippen LogP contribution in [0.4, 0.5) is 14.5 Å². The van der Waals surface area contributed by atoms with Gasteiger partial charge < -0.3 is 25.4 Å². The first-order chi connectivity index (χ1) is 13.5. The lowest BCUT2D eigenvalue weighted by atomic mass is 9.91. The van der Waals surface area contributed by atoms with Crippen molar-refractivity contribution in [3.05, 3.63) is 24.3 Å². The highest BCUT2D eigenvalue weighted by atomic mass is 35.5. The Bertz CT molecular complexity index is 687. The van der Waals surface area contributed by atoms with Gasteiger partial charge in [0.25, 0.3) is 0 Å². The van der Waals surface area contributed by atoms with Crippen LogP contribution < -0.4 is 20.7 Å². The van der Waals surface area contributed by atoms with E-state index in [1.807, 2.05) is 0 Å². The molecule has 2 saturated heterocycles. The van der Waals surface area contributed by atoms with Crippen LogP contribution in [0.5, 0.6) is 5.75 Å². The third-order valence-electron chi connectivity index (χ3n) is 5.21. The molecule has 2 fully saturated rings. The average Bonchev–Trinajstić information content (AvgIpc) is 2.70. The summed E-state index contributed by atoms with van der Waals surface area (Å²) < 4.78 is 34.1. The van der Waals surface area contributed by atoms with Crippen LogP contribution in [-0.2, 0) is 14.3 Å². The molecule has 2 unspecified atom stereocenters. The fraction of sp³-hybridized carbons (Fsp3) is 0.579. The smallest absolute Gasteiger partial charge is 0.387 e. The van der Waals surface area contributed by atoms with Gasteiger partial charge in [0.05, 0.1) is 6.04 Å². The first-order valence-electron chi connectivity index (χ1n) is 9.45. The van der Waals surface area contributed by atoms with Gasteiger partial charge in [-0.3, -0.25) is 9.59 Å². The number of hydrogen-bond acceptors (Lipinski definition) is 5. The summed E-state index contributed by atoms with van der Waals surface area (Å²) in [5, 5.41) is 2.78. The quantitative estimate of drug-likeness (QED) is 0.716. The molecule has 1 aromatic carbocycles. The number of nitrogens with two attached hydrogens (primary N) is 1. The van der Waals surface area contributed by atoms with Crippen molar-refractivity contribution in [2.75, 3.05) is 24.7 Å². The minimum atomic E-state index is -2.90. The molecule has 0 saturated carbocycles. The second-order valence-electron chi connectivity index (χ2n) is 7.04. The van der Waals surface area contributed by atoms with Crippen LogP contribution in [0.25, 0.3) is 0 Å². The zero-order valence-corrected chi connectivity index (χ0v) is 16.7. The molecule has 29 heavy (non-hydrogen) atoms. The number of nitrogens with one attached hydrogen (secondary N) is 1. The molecule has 162 valence electrons. The highest BCUT2D eigenvalue weighted by molar-refractivity contribution is 6.00. The van der Waals surface area contributed by atoms with Crippen LogP contribution in [-0.4, -0.2) is 50.3 Å². The predicted molar refractivity (Wildman–Crippen MR) is 105 cm³/mol. The van der Waals surface area contributed by atoms with Gasteiger partial charge in [0.1, 0.15) is 11.8 Å². The number of piperidine rings is 1. The van der Waals surface area contributed by atoms with Gasteiger partial charge in [0.2, 0.25) is 11.8 Å². The SMILES string of the molecule is Cl.NC(C(=O)NC1CCCN(c2ccc(OC(F)F)cc2)C1=O)C1CCOCC1. The Morgan fingerprint density at radius 1 is 1.21 bits per heavy atom. The van der Waals surface area contributed by atoms with Gasteiger partial charge >= 0.3 is 6.61 Å². The van der Waals surface area contributed by atoms with Crippen molar-refractivity contribution in [3.63, 3.8) is 0 Å². The molecular weight excluding hydrogens is 408 g/mol. The zero-order chi connectivity index (χ0) is 20.1. The van der Waals surface area contributed by atoms with Crippen LogP contribution in [0.15, 0.2) is 24.3 Å². The molecule has 10 heteroatoms. The maximum Gasteiger partial charge on any atom is 0.387 e. The van der Waals surface area contributed by atoms with Crippen molar-refractivity contribution >= 4 is 29.9 Å². The van der Waals surface area contributed by atoms with Gasteiger partial charge in [-0.1, -0.05) is 0 Å². The van der Waals surface area contributed by atoms with E-state index in [1.54, 1.807) is 17.0 Å². The number of carbonyl (C=O) groups is 2. The van der Waals surface area contributed by atoms with Crippen LogP contribution in [0.1, 0.15) is 25.7 Å². The van der Waals surface area contributed by atoms with Crippen LogP contribution >= 0.6 is 12.4 Å². The van der Waals surface area contributed by atoms with E-state index in [0.29, 0.717) is 38.3 Å². The second kappa shape index (κ2) is 10.7. The Morgan fingerprint density at radius 2 is 1.86 bits per heavy atom. The number of anilines is 1. The number of carbonyl (C=O) groups excluding carboxylic acids is 2. The molecule has 0 aliphatic carbocycles. The molecular formula is C19H26ClF2N3O4. The van der Waals surface area contributed by atoms with Crippen molar-refractivity contribution in [2.24, 2.45) is 11.7 Å². The van der Waals surface area contributed by atoms with E-state index in [9.17, 15) is 18.4 Å². The summed E-state index contributed by atoms with van der Waals surface area (Å²) in [7, 11) is 0. The number of hydrogen-bond donors (Lipinski definition) is 2. The number of benzene rings is 1. The number of amides is 2. The highest BCUT2D eigenvalue weighted by Gasteiger charge is 2.34. The summed E-state index contributed by atoms with van der Waals surface area (Å²) in [5.41, 5.74) is 6.66. The topological polar surface area (TPSA) is 93.9 Å². The monoisotopic (exact) mass is 433 g/mol. The summed E-state index contributed by atoms with van der Waals surface area (Å²) in [6.07, 6.45) is 2.70. The zero-order valence-electron chi connectivity index (χ0n) is 15.9. The van der Waals surface area contributed by atoms with Crippen molar-refractivity contribution in [2.45, 2.75) is 44.4 Å². The van der Waals surface area contributed by atoms with Crippen LogP contribution in [0, 0.1) is 5.92 Å². The highest BCUT2D eigenvalue weighted by Crippen LogP contribution is 2.25. The molecule has 2 aliphatic rings. The van der Waals surface area contributed by atoms with Crippen LogP contribution in [0.2, 0.25) is 0 Å². The molecule has 2 aliphatic heterocycles. The van der Waals surface area contributed by atoms with E-state index in [2.05, 4.69) is 10.1 Å². The Balaban J connectivity index is 0.00000300. The molecule has 2 amide bonds. The summed E-state index contributed by atoms with van der Waals surface area (Å²) >= 11 is 0. The van der Waals surface area contributed by atoms with E-state index < -0.39 is 18.7 Å². The third kappa shape index (κ3) is 6.01. The third-order valence-corrected chi connectivity index (χ3v) is 5.21. The first kappa shape index (κ1) is 23.3. The fourth-order valence-corrected chi connectivity index (χ4v) is 3.63. The largest absolute Gasteiger partial charge is 0.435 e. The lowest BCUT2D eigenvalue weighted by Gasteiger charge is -2.34. The molecule has 7 nitrogen and oxygen atoms in total. The Kier molecular flexibility index (Phi) is 8.60. The first-order valence-corrected chi connectivity index (χ1v) is 9.45. The number of alkyl halides is 2. The van der Waals surface area contributed by atoms with Gasteiger partial charge in [-0.2, -0.15) is 8.78 Å². The molecule has 3 N–H and O–H groups in total. The molecule has 0 aromatic heterocycles. The Hall–Kier alpha value is -1.97. The van der Waals surface area contributed by atoms with E-state index >= 15 is 0 Å². The van der Waals surface area contributed by atoms with E-state index in [1.165, 1.54) is 12.1 Å². The molecule has 2 atom stereocenters. The summed E-state index contributed by atoms with van der Waals surface area (Å²) in [6, 6.07) is 4.55. The molecule has 0 bridgehead atoms. The van der Waals surface area contributed by atoms with Crippen molar-refractivity contribution in [3.8, 4) is 5.75 Å². The van der Waals surface area contributed by atoms with E-state index in [-0.39, 0.29) is 35.9 Å². The molecule has 2 heterocycles. The molecule has 3 rings (SSSR count). The van der Waals surface area contributed by atoms with Crippen molar-refractivity contribution in [1.29, 1.82) is 0 Å². The normalized spacial score (nSPS) is 21.4. The fourth-order valence-electron chi connectivity index (χ4n) is 3.63. The minimum absolute atomic E-state index is 0. The maximum absolute atomic E-state index is 12.8. The number of rotatable bonds is 6. The van der Waals surface area contributed by atoms with Crippen LogP contribution in [0.3, 0.4) is 0 Å². The lowest BCUT2D eigenvalue weighted by Crippen LogP contribution is -2.57. The van der Waals surface area contributed by atoms with Crippen molar-refractivity contribution in [1.82, 2.24) is 5.32 Å². The van der Waals surface area contributed by atoms with Gasteiger partial charge in [-0.05, 0) is 55.9 Å². The van der Waals surface area contributed by atoms with Gasteiger partial charge in [0, 0.05) is 25.4 Å². The molecule has 0 radical (unpaired) electrons. The lowest BCUT2D eigenvalue weighted by molar-refractivity contribution is -0.130. The number of nitrogens with zero attached hydrogens (tertiary/aromatic N) is 1. The summed E-state index contributed by atoms with van der Waals surface area (Å²) in [4.78, 5) is 26.9. The predicted octanol–water partition coefficient (Wildman–Crippen LogP) is 2.08. The van der Waals surface area contributed by atoms with Gasteiger partial charge in [-0.15, -0.1) is 12.4 Å². The average molecular weight is 434 g/mol. The van der Waals surface area contributed by atoms with Crippen molar-refractivity contribution < 1.29 is 27.8 Å². The standard InChI is InChI=1S/C19H25F2N3O4.ClH/c20-19(21)28-14-5-3-13(4-6-14)24-9-1-2-15(18(24)26)23-17(25)16(22)12-7-10-27-11-8-12;/h3-6,12,15-16,19H,1-2,7-11,22H2,(H,23,25);1H. The summed E-state index contributed by atoms with van der Waals surface area (Å²) in [6.45, 7) is -1.23. The van der Waals surface area contributed by atoms with E-state index in [4.69, 9.17) is 10.5 Å². The minimum Gasteiger partial charge on any atom is -0.435 e. The second-order valence-corrected chi connectivity index (χ2v) is 7.04. The van der Waals surface area contributed by atoms with E-state index in [0.717, 1.165) is 12.8 Å². The maximum atomic E-state index is 12.8. The Morgan fingerprint density at radius 3 is 2.48 bits per heavy atom. The number of halogens is 3. The van der Waals surface area contributed by atoms with Gasteiger partial charge in [0.15, 0.2) is 0 Å². The van der Waals surface area contributed by atoms with Gasteiger partial charge in [-0.25, -0.2) is 0 Å². The Labute approximate surface area is 174 Å². The summed E-state index contributed by atoms with van der Waals surface area (Å²) in [5.74, 6) is -0.490. The molecule has 0 spiro atoms.